The van der Waals surface area contributed by atoms with Crippen LogP contribution in [0.1, 0.15) is 33.3 Å². The fourth-order valence-corrected chi connectivity index (χ4v) is 2.68. The first-order valence-electron chi connectivity index (χ1n) is 8.17. The molecule has 0 saturated carbocycles. The van der Waals surface area contributed by atoms with E-state index in [4.69, 9.17) is 9.31 Å². The Morgan fingerprint density at radius 1 is 1.00 bits per heavy atom. The Labute approximate surface area is 146 Å². The Bertz CT molecular complexity index is 692. The molecule has 2 heterocycles. The van der Waals surface area contributed by atoms with Crippen molar-refractivity contribution in [2.24, 2.45) is 0 Å². The molecule has 7 heteroatoms. The van der Waals surface area contributed by atoms with E-state index in [0.717, 1.165) is 17.1 Å². The van der Waals surface area contributed by atoms with E-state index in [1.165, 1.54) is 12.3 Å². The number of benzene rings is 1. The van der Waals surface area contributed by atoms with E-state index in [1.54, 1.807) is 0 Å². The molecule has 3 rings (SSSR count). The summed E-state index contributed by atoms with van der Waals surface area (Å²) in [5, 5.41) is 2.38. The predicted molar refractivity (Wildman–Crippen MR) is 92.3 cm³/mol. The smallest absolute Gasteiger partial charge is 0.399 e. The second kappa shape index (κ2) is 5.92. The monoisotopic (exact) mass is 351 g/mol. The lowest BCUT2D eigenvalue weighted by Crippen LogP contribution is -2.41. The Morgan fingerprint density at radius 2 is 1.56 bits per heavy atom. The van der Waals surface area contributed by atoms with Gasteiger partial charge in [-0.25, -0.2) is 0 Å². The molecule has 25 heavy (non-hydrogen) atoms. The maximum Gasteiger partial charge on any atom is 0.494 e. The summed E-state index contributed by atoms with van der Waals surface area (Å²) in [5.41, 5.74) is 1.57. The van der Waals surface area contributed by atoms with E-state index in [2.05, 4.69) is 5.32 Å². The highest BCUT2D eigenvalue weighted by molar-refractivity contribution is 6.62. The molecule has 0 aromatic heterocycles. The van der Waals surface area contributed by atoms with Crippen molar-refractivity contribution in [3.63, 3.8) is 0 Å². The van der Waals surface area contributed by atoms with Gasteiger partial charge < -0.3 is 14.6 Å². The number of allylic oxidation sites excluding steroid dienone is 2. The zero-order chi connectivity index (χ0) is 18.5. The highest BCUT2D eigenvalue weighted by atomic mass is 19.4. The lowest BCUT2D eigenvalue weighted by Gasteiger charge is -2.32. The average Bonchev–Trinajstić information content (AvgIpc) is 2.75. The van der Waals surface area contributed by atoms with Gasteiger partial charge in [0.05, 0.1) is 11.2 Å². The van der Waals surface area contributed by atoms with E-state index in [0.29, 0.717) is 5.57 Å². The van der Waals surface area contributed by atoms with Crippen LogP contribution in [-0.4, -0.2) is 30.5 Å². The van der Waals surface area contributed by atoms with Crippen molar-refractivity contribution < 1.29 is 22.5 Å². The standard InChI is InChI=1S/C18H21BF3NO2/c1-16(2)17(3,4)25-19(24-16)14-8-5-12(6-9-14)13-7-10-15(23-11-13)18(20,21)22/h5-11,15,23H,1-4H3. The molecule has 2 aliphatic rings. The fraction of sp³-hybridized carbons (Fsp3) is 0.444. The third kappa shape index (κ3) is 3.48. The van der Waals surface area contributed by atoms with Gasteiger partial charge in [0.25, 0.3) is 0 Å². The molecular weight excluding hydrogens is 330 g/mol. The van der Waals surface area contributed by atoms with Crippen LogP contribution in [0.2, 0.25) is 0 Å². The predicted octanol–water partition coefficient (Wildman–Crippen LogP) is 3.42. The molecule has 1 saturated heterocycles. The first kappa shape index (κ1) is 18.1. The van der Waals surface area contributed by atoms with Gasteiger partial charge in [-0.3, -0.25) is 0 Å². The van der Waals surface area contributed by atoms with Gasteiger partial charge >= 0.3 is 13.3 Å². The minimum atomic E-state index is -4.29. The normalized spacial score (nSPS) is 24.8. The third-order valence-corrected chi connectivity index (χ3v) is 5.01. The number of nitrogens with one attached hydrogen (secondary N) is 1. The lowest BCUT2D eigenvalue weighted by molar-refractivity contribution is -0.142. The van der Waals surface area contributed by atoms with Crippen molar-refractivity contribution in [2.75, 3.05) is 0 Å². The van der Waals surface area contributed by atoms with E-state index >= 15 is 0 Å². The molecule has 1 unspecified atom stereocenters. The van der Waals surface area contributed by atoms with Crippen molar-refractivity contribution in [1.82, 2.24) is 5.32 Å². The third-order valence-electron chi connectivity index (χ3n) is 5.01. The molecule has 1 aromatic carbocycles. The van der Waals surface area contributed by atoms with Crippen LogP contribution in [0.25, 0.3) is 5.57 Å². The number of halogens is 3. The number of alkyl halides is 3. The quantitative estimate of drug-likeness (QED) is 0.829. The molecule has 0 radical (unpaired) electrons. The topological polar surface area (TPSA) is 30.5 Å². The van der Waals surface area contributed by atoms with Crippen LogP contribution >= 0.6 is 0 Å². The summed E-state index contributed by atoms with van der Waals surface area (Å²) in [4.78, 5) is 0. The Balaban J connectivity index is 1.72. The first-order valence-corrected chi connectivity index (χ1v) is 8.17. The van der Waals surface area contributed by atoms with Crippen molar-refractivity contribution in [1.29, 1.82) is 0 Å². The van der Waals surface area contributed by atoms with Crippen LogP contribution in [0.5, 0.6) is 0 Å². The molecule has 1 aromatic rings. The van der Waals surface area contributed by atoms with Gasteiger partial charge in [0.2, 0.25) is 0 Å². The second-order valence-electron chi connectivity index (χ2n) is 7.36. The zero-order valence-corrected chi connectivity index (χ0v) is 14.6. The highest BCUT2D eigenvalue weighted by Gasteiger charge is 2.51. The van der Waals surface area contributed by atoms with Crippen molar-refractivity contribution in [3.8, 4) is 0 Å². The molecule has 1 fully saturated rings. The Morgan fingerprint density at radius 3 is 2.00 bits per heavy atom. The fourth-order valence-electron chi connectivity index (χ4n) is 2.68. The summed E-state index contributed by atoms with van der Waals surface area (Å²) in [6, 6.07) is 5.82. The van der Waals surface area contributed by atoms with Crippen LogP contribution < -0.4 is 10.8 Å². The zero-order valence-electron chi connectivity index (χ0n) is 14.6. The summed E-state index contributed by atoms with van der Waals surface area (Å²) in [6.45, 7) is 7.95. The average molecular weight is 351 g/mol. The van der Waals surface area contributed by atoms with Gasteiger partial charge in [0.1, 0.15) is 6.04 Å². The van der Waals surface area contributed by atoms with Crippen molar-refractivity contribution in [2.45, 2.75) is 51.1 Å². The molecule has 1 N–H and O–H groups in total. The number of rotatable bonds is 2. The second-order valence-corrected chi connectivity index (χ2v) is 7.36. The Hall–Kier alpha value is -1.73. The van der Waals surface area contributed by atoms with Gasteiger partial charge in [-0.15, -0.1) is 0 Å². The molecular formula is C18H21BF3NO2. The van der Waals surface area contributed by atoms with Crippen LogP contribution in [-0.2, 0) is 9.31 Å². The first-order chi connectivity index (χ1) is 11.5. The maximum absolute atomic E-state index is 12.7. The van der Waals surface area contributed by atoms with Crippen LogP contribution in [0.3, 0.4) is 0 Å². The lowest BCUT2D eigenvalue weighted by atomic mass is 9.78. The van der Waals surface area contributed by atoms with Crippen LogP contribution in [0.4, 0.5) is 13.2 Å². The molecule has 0 aliphatic carbocycles. The molecule has 0 amide bonds. The van der Waals surface area contributed by atoms with E-state index in [1.807, 2.05) is 52.0 Å². The molecule has 3 nitrogen and oxygen atoms in total. The van der Waals surface area contributed by atoms with Gasteiger partial charge in [-0.05, 0) is 44.3 Å². The van der Waals surface area contributed by atoms with Gasteiger partial charge in [-0.2, -0.15) is 13.2 Å². The number of hydrogen-bond donors (Lipinski definition) is 1. The van der Waals surface area contributed by atoms with Crippen LogP contribution in [0, 0.1) is 0 Å². The van der Waals surface area contributed by atoms with Gasteiger partial charge in [-0.1, -0.05) is 36.4 Å². The van der Waals surface area contributed by atoms with Crippen molar-refractivity contribution >= 4 is 18.2 Å². The molecule has 2 aliphatic heterocycles. The van der Waals surface area contributed by atoms with Gasteiger partial charge in [0.15, 0.2) is 0 Å². The van der Waals surface area contributed by atoms with E-state index in [-0.39, 0.29) is 0 Å². The molecule has 0 spiro atoms. The SMILES string of the molecule is CC1(C)OB(c2ccc(C3=CNC(C(F)(F)F)C=C3)cc2)OC1(C)C. The Kier molecular flexibility index (Phi) is 4.28. The summed E-state index contributed by atoms with van der Waals surface area (Å²) >= 11 is 0. The maximum atomic E-state index is 12.7. The van der Waals surface area contributed by atoms with E-state index < -0.39 is 30.5 Å². The minimum Gasteiger partial charge on any atom is -0.399 e. The molecule has 134 valence electrons. The summed E-state index contributed by atoms with van der Waals surface area (Å²) in [7, 11) is -0.456. The van der Waals surface area contributed by atoms with Crippen LogP contribution in [0.15, 0.2) is 42.6 Å². The van der Waals surface area contributed by atoms with E-state index in [9.17, 15) is 13.2 Å². The number of dihydropyridines is 1. The number of hydrogen-bond acceptors (Lipinski definition) is 3. The molecule has 0 bridgehead atoms. The summed E-state index contributed by atoms with van der Waals surface area (Å²) in [6.07, 6.45) is -0.295. The minimum absolute atomic E-state index is 0.415. The van der Waals surface area contributed by atoms with Gasteiger partial charge in [0, 0.05) is 6.20 Å². The summed E-state index contributed by atoms with van der Waals surface area (Å²) < 4.78 is 50.0. The van der Waals surface area contributed by atoms with Crippen molar-refractivity contribution in [3.05, 3.63) is 48.2 Å². The largest absolute Gasteiger partial charge is 0.494 e. The molecule has 1 atom stereocenters. The summed E-state index contributed by atoms with van der Waals surface area (Å²) in [5.74, 6) is 0. The highest BCUT2D eigenvalue weighted by Crippen LogP contribution is 2.36.